The predicted molar refractivity (Wildman–Crippen MR) is 168 cm³/mol. The molecule has 256 valence electrons. The topological polar surface area (TPSA) is 227 Å². The molecule has 1 heterocycles. The van der Waals surface area contributed by atoms with Crippen molar-refractivity contribution in [2.75, 3.05) is 19.7 Å². The third-order valence-electron chi connectivity index (χ3n) is 8.59. The van der Waals surface area contributed by atoms with Crippen LogP contribution in [0.5, 0.6) is 11.5 Å². The first-order valence-corrected chi connectivity index (χ1v) is 15.3. The van der Waals surface area contributed by atoms with Gasteiger partial charge in [-0.05, 0) is 13.3 Å². The summed E-state index contributed by atoms with van der Waals surface area (Å²) in [5.74, 6) is -2.80. The SMILES string of the molecule is CCCNC(=O)CCNC(=O)OCC1(O)Cc2c(O)c3c(c(O)c2[C@@H](O[C@H]2C[C@H](N)[C@@H](O)[C@@H](C)O2)C1)C(=O)c1ccccc1C3=O.Cl. The molecule has 5 rings (SSSR count). The Labute approximate surface area is 277 Å². The number of phenolic OH excluding ortho intramolecular Hbond substituents is 2. The number of rotatable bonds is 9. The summed E-state index contributed by atoms with van der Waals surface area (Å²) in [5.41, 5.74) is 3.42. The van der Waals surface area contributed by atoms with E-state index in [1.165, 1.54) is 12.1 Å². The summed E-state index contributed by atoms with van der Waals surface area (Å²) in [7, 11) is 0. The van der Waals surface area contributed by atoms with Gasteiger partial charge in [-0.2, -0.15) is 0 Å². The van der Waals surface area contributed by atoms with Crippen LogP contribution in [0.3, 0.4) is 0 Å². The predicted octanol–water partition coefficient (Wildman–Crippen LogP) is 1.50. The van der Waals surface area contributed by atoms with Crippen molar-refractivity contribution in [3.63, 3.8) is 0 Å². The average Bonchev–Trinajstić information content (AvgIpc) is 3.02. The molecule has 3 aliphatic rings. The van der Waals surface area contributed by atoms with Crippen molar-refractivity contribution in [2.45, 2.75) is 82.2 Å². The number of nitrogens with one attached hydrogen (secondary N) is 2. The lowest BCUT2D eigenvalue weighted by molar-refractivity contribution is -0.248. The molecule has 14 nitrogen and oxygen atoms in total. The minimum atomic E-state index is -1.88. The number of aromatic hydroxyl groups is 2. The number of alkyl carbamates (subject to hydrolysis) is 1. The Morgan fingerprint density at radius 1 is 1.06 bits per heavy atom. The van der Waals surface area contributed by atoms with E-state index in [0.29, 0.717) is 6.54 Å². The van der Waals surface area contributed by atoms with E-state index in [9.17, 15) is 39.6 Å². The maximum Gasteiger partial charge on any atom is 0.407 e. The van der Waals surface area contributed by atoms with Crippen LogP contribution in [0.2, 0.25) is 0 Å². The molecule has 0 radical (unpaired) electrons. The Morgan fingerprint density at radius 3 is 2.32 bits per heavy atom. The minimum absolute atomic E-state index is 0. The molecular formula is C32H40ClN3O11. The van der Waals surface area contributed by atoms with Crippen LogP contribution in [0, 0.1) is 0 Å². The Kier molecular flexibility index (Phi) is 11.2. The molecule has 2 aromatic carbocycles. The van der Waals surface area contributed by atoms with Gasteiger partial charge < -0.3 is 51.0 Å². The molecular weight excluding hydrogens is 638 g/mol. The normalized spacial score (nSPS) is 26.3. The summed E-state index contributed by atoms with van der Waals surface area (Å²) in [6.07, 6.45) is -4.68. The van der Waals surface area contributed by atoms with E-state index < -0.39 is 77.6 Å². The molecule has 0 bridgehead atoms. The van der Waals surface area contributed by atoms with E-state index >= 15 is 0 Å². The van der Waals surface area contributed by atoms with Gasteiger partial charge in [0.15, 0.2) is 17.9 Å². The lowest BCUT2D eigenvalue weighted by Gasteiger charge is -2.42. The van der Waals surface area contributed by atoms with E-state index in [2.05, 4.69) is 10.6 Å². The zero-order valence-corrected chi connectivity index (χ0v) is 26.8. The van der Waals surface area contributed by atoms with Crippen LogP contribution in [0.25, 0.3) is 0 Å². The second kappa shape index (κ2) is 14.5. The van der Waals surface area contributed by atoms with Crippen LogP contribution in [-0.2, 0) is 25.4 Å². The maximum absolute atomic E-state index is 13.5. The molecule has 1 fully saturated rings. The molecule has 8 N–H and O–H groups in total. The van der Waals surface area contributed by atoms with Crippen molar-refractivity contribution in [1.82, 2.24) is 10.6 Å². The first-order valence-electron chi connectivity index (χ1n) is 15.3. The second-order valence-corrected chi connectivity index (χ2v) is 12.0. The first kappa shape index (κ1) is 36.1. The largest absolute Gasteiger partial charge is 0.507 e. The third kappa shape index (κ3) is 7.22. The van der Waals surface area contributed by atoms with Crippen LogP contribution in [0.15, 0.2) is 24.3 Å². The fourth-order valence-corrected chi connectivity index (χ4v) is 6.22. The summed E-state index contributed by atoms with van der Waals surface area (Å²) in [4.78, 5) is 51.3. The summed E-state index contributed by atoms with van der Waals surface area (Å²) < 4.78 is 17.3. The number of benzene rings is 2. The zero-order chi connectivity index (χ0) is 33.3. The van der Waals surface area contributed by atoms with Crippen LogP contribution in [0.1, 0.15) is 88.6 Å². The molecule has 0 spiro atoms. The smallest absolute Gasteiger partial charge is 0.407 e. The number of hydrogen-bond donors (Lipinski definition) is 7. The van der Waals surface area contributed by atoms with E-state index in [1.54, 1.807) is 19.1 Å². The molecule has 1 saturated heterocycles. The van der Waals surface area contributed by atoms with Gasteiger partial charge in [-0.3, -0.25) is 14.4 Å². The van der Waals surface area contributed by atoms with Crippen molar-refractivity contribution in [3.8, 4) is 11.5 Å². The number of amides is 2. The molecule has 47 heavy (non-hydrogen) atoms. The summed E-state index contributed by atoms with van der Waals surface area (Å²) in [6, 6.07) is 5.32. The van der Waals surface area contributed by atoms with Crippen LogP contribution in [-0.4, -0.2) is 93.8 Å². The molecule has 2 aliphatic carbocycles. The molecule has 1 aliphatic heterocycles. The zero-order valence-electron chi connectivity index (χ0n) is 26.0. The highest BCUT2D eigenvalue weighted by Gasteiger charge is 2.48. The number of ketones is 2. The number of aliphatic hydroxyl groups is 2. The van der Waals surface area contributed by atoms with E-state index in [4.69, 9.17) is 19.9 Å². The maximum atomic E-state index is 13.5. The Balaban J connectivity index is 0.00000500. The van der Waals surface area contributed by atoms with Crippen LogP contribution >= 0.6 is 12.4 Å². The van der Waals surface area contributed by atoms with Crippen molar-refractivity contribution < 1.29 is 53.8 Å². The number of hydrogen-bond acceptors (Lipinski definition) is 12. The quantitative estimate of drug-likeness (QED) is 0.160. The second-order valence-electron chi connectivity index (χ2n) is 12.0. The number of halogens is 1. The Bertz CT molecular complexity index is 1540. The fraction of sp³-hybridized carbons (Fsp3) is 0.500. The fourth-order valence-electron chi connectivity index (χ4n) is 6.22. The van der Waals surface area contributed by atoms with Gasteiger partial charge in [0.2, 0.25) is 5.91 Å². The molecule has 2 amide bonds. The van der Waals surface area contributed by atoms with Gasteiger partial charge in [-0.1, -0.05) is 31.2 Å². The number of fused-ring (bicyclic) bond motifs is 3. The summed E-state index contributed by atoms with van der Waals surface area (Å²) >= 11 is 0. The Morgan fingerprint density at radius 2 is 1.70 bits per heavy atom. The molecule has 0 aromatic heterocycles. The lowest BCUT2D eigenvalue weighted by Crippen LogP contribution is -2.52. The number of aliphatic hydroxyl groups excluding tert-OH is 1. The molecule has 6 atom stereocenters. The van der Waals surface area contributed by atoms with Crippen LogP contribution in [0.4, 0.5) is 4.79 Å². The average molecular weight is 678 g/mol. The number of phenols is 2. The van der Waals surface area contributed by atoms with Crippen molar-refractivity contribution >= 4 is 36.0 Å². The van der Waals surface area contributed by atoms with Crippen molar-refractivity contribution in [1.29, 1.82) is 0 Å². The highest BCUT2D eigenvalue weighted by molar-refractivity contribution is 6.30. The molecule has 15 heteroatoms. The van der Waals surface area contributed by atoms with Crippen molar-refractivity contribution in [3.05, 3.63) is 57.6 Å². The van der Waals surface area contributed by atoms with E-state index in [0.717, 1.165) is 6.42 Å². The van der Waals surface area contributed by atoms with Gasteiger partial charge in [-0.25, -0.2) is 4.79 Å². The first-order chi connectivity index (χ1) is 21.8. The van der Waals surface area contributed by atoms with E-state index in [-0.39, 0.29) is 78.4 Å². The van der Waals surface area contributed by atoms with E-state index in [1.807, 2.05) is 6.92 Å². The van der Waals surface area contributed by atoms with Gasteiger partial charge in [-0.15, -0.1) is 12.4 Å². The standard InChI is InChI=1S/C32H39N3O11.ClH/c1-3-9-34-21(36)8-10-35-31(42)44-14-32(43)12-18-23(20(13-32)46-22-11-19(33)26(37)15(2)45-22)30(41)25-24(29(18)40)27(38)16-6-4-5-7-17(16)28(25)39;/h4-7,15,19-20,22,26,37,40-41,43H,3,8-14,33H2,1-2H3,(H,34,36)(H,35,42);1H/t15-,19+,20+,22+,26+,32?;/m1./s1. The monoisotopic (exact) mass is 677 g/mol. The van der Waals surface area contributed by atoms with Gasteiger partial charge in [0, 0.05) is 67.1 Å². The minimum Gasteiger partial charge on any atom is -0.507 e. The number of carbonyl (C=O) groups is 4. The Hall–Kier alpha value is -3.79. The van der Waals surface area contributed by atoms with Gasteiger partial charge in [0.05, 0.1) is 29.4 Å². The number of nitrogens with two attached hydrogens (primary N) is 1. The van der Waals surface area contributed by atoms with Crippen molar-refractivity contribution in [2.24, 2.45) is 5.73 Å². The summed E-state index contributed by atoms with van der Waals surface area (Å²) in [6.45, 7) is 3.42. The summed E-state index contributed by atoms with van der Waals surface area (Å²) in [5, 5.41) is 50.2. The molecule has 2 aromatic rings. The van der Waals surface area contributed by atoms with Gasteiger partial charge in [0.25, 0.3) is 0 Å². The molecule has 0 saturated carbocycles. The van der Waals surface area contributed by atoms with Gasteiger partial charge >= 0.3 is 6.09 Å². The lowest BCUT2D eigenvalue weighted by atomic mass is 9.73. The number of ether oxygens (including phenoxy) is 3. The number of carbonyl (C=O) groups excluding carboxylic acids is 4. The third-order valence-corrected chi connectivity index (χ3v) is 8.59. The highest BCUT2D eigenvalue weighted by atomic mass is 35.5. The van der Waals surface area contributed by atoms with Crippen LogP contribution < -0.4 is 16.4 Å². The highest BCUT2D eigenvalue weighted by Crippen LogP contribution is 2.51. The molecule has 1 unspecified atom stereocenters. The van der Waals surface area contributed by atoms with Gasteiger partial charge in [0.1, 0.15) is 23.7 Å².